The summed E-state index contributed by atoms with van der Waals surface area (Å²) < 4.78 is 5.86. The molecule has 0 aliphatic carbocycles. The Balaban J connectivity index is 1.61. The number of rotatable bonds is 9. The van der Waals surface area contributed by atoms with E-state index in [-0.39, 0.29) is 6.54 Å². The largest absolute Gasteiger partial charge is 0.423 e. The summed E-state index contributed by atoms with van der Waals surface area (Å²) in [6.45, 7) is 4.21. The Bertz CT molecular complexity index is 1010. The van der Waals surface area contributed by atoms with Crippen LogP contribution in [0.15, 0.2) is 40.8 Å². The fraction of sp³-hybridized carbons (Fsp3) is 0.333. The summed E-state index contributed by atoms with van der Waals surface area (Å²) in [5, 5.41) is 1.10. The van der Waals surface area contributed by atoms with E-state index >= 15 is 0 Å². The normalized spacial score (nSPS) is 11.3. The third-order valence-electron chi connectivity index (χ3n) is 4.55. The molecule has 0 spiro atoms. The number of carbonyl (C=O) groups is 1. The van der Waals surface area contributed by atoms with Crippen LogP contribution < -0.4 is 10.6 Å². The molecule has 2 N–H and O–H groups in total. The van der Waals surface area contributed by atoms with Gasteiger partial charge in [0.1, 0.15) is 12.1 Å². The van der Waals surface area contributed by atoms with E-state index in [0.717, 1.165) is 36.2 Å². The van der Waals surface area contributed by atoms with Crippen LogP contribution in [0.5, 0.6) is 0 Å². The van der Waals surface area contributed by atoms with Crippen molar-refractivity contribution in [3.05, 3.63) is 57.6 Å². The second-order valence-electron chi connectivity index (χ2n) is 7.20. The van der Waals surface area contributed by atoms with E-state index in [1.165, 1.54) is 0 Å². The van der Waals surface area contributed by atoms with Crippen LogP contribution in [-0.4, -0.2) is 42.5 Å². The van der Waals surface area contributed by atoms with E-state index < -0.39 is 5.91 Å². The summed E-state index contributed by atoms with van der Waals surface area (Å²) in [6.07, 6.45) is 0.808. The topological polar surface area (TPSA) is 75.6 Å². The van der Waals surface area contributed by atoms with Crippen molar-refractivity contribution in [3.63, 3.8) is 0 Å². The quantitative estimate of drug-likeness (QED) is 0.544. The highest BCUT2D eigenvalue weighted by Gasteiger charge is 2.16. The number of fused-ring (bicyclic) bond motifs is 1. The van der Waals surface area contributed by atoms with Gasteiger partial charge in [-0.15, -0.1) is 0 Å². The van der Waals surface area contributed by atoms with Gasteiger partial charge < -0.3 is 20.0 Å². The van der Waals surface area contributed by atoms with Crippen molar-refractivity contribution in [2.75, 3.05) is 31.6 Å². The molecule has 3 aromatic rings. The second kappa shape index (κ2) is 9.48. The van der Waals surface area contributed by atoms with Crippen molar-refractivity contribution < 1.29 is 9.21 Å². The Morgan fingerprint density at radius 3 is 2.66 bits per heavy atom. The van der Waals surface area contributed by atoms with Gasteiger partial charge in [0, 0.05) is 13.1 Å². The maximum Gasteiger partial charge on any atom is 0.298 e. The summed E-state index contributed by atoms with van der Waals surface area (Å²) in [5.74, 6) is -0.424. The first-order valence-corrected chi connectivity index (χ1v) is 10.1. The minimum absolute atomic E-state index is 0.0578. The lowest BCUT2D eigenvalue weighted by Gasteiger charge is -2.21. The maximum atomic E-state index is 11.5. The van der Waals surface area contributed by atoms with Crippen molar-refractivity contribution in [1.29, 1.82) is 0 Å². The minimum atomic E-state index is -0.424. The fourth-order valence-corrected chi connectivity index (χ4v) is 3.47. The first-order valence-electron chi connectivity index (χ1n) is 9.35. The van der Waals surface area contributed by atoms with Crippen molar-refractivity contribution in [3.8, 4) is 0 Å². The van der Waals surface area contributed by atoms with Gasteiger partial charge in [-0.1, -0.05) is 35.3 Å². The second-order valence-corrected chi connectivity index (χ2v) is 8.01. The summed E-state index contributed by atoms with van der Waals surface area (Å²) in [4.78, 5) is 20.0. The minimum Gasteiger partial charge on any atom is -0.423 e. The van der Waals surface area contributed by atoms with E-state index in [1.807, 2.05) is 44.3 Å². The lowest BCUT2D eigenvalue weighted by atomic mass is 10.2. The van der Waals surface area contributed by atoms with Gasteiger partial charge in [-0.05, 0) is 62.3 Å². The molecule has 6 nitrogen and oxygen atoms in total. The van der Waals surface area contributed by atoms with Crippen LogP contribution in [0.1, 0.15) is 17.5 Å². The van der Waals surface area contributed by atoms with E-state index in [1.54, 1.807) is 11.0 Å². The summed E-state index contributed by atoms with van der Waals surface area (Å²) in [6, 6.07) is 11.9. The number of hydrogen-bond donors (Lipinski definition) is 1. The molecule has 0 fully saturated rings. The zero-order valence-electron chi connectivity index (χ0n) is 16.5. The van der Waals surface area contributed by atoms with Crippen LogP contribution in [0.25, 0.3) is 11.1 Å². The Hall–Kier alpha value is -2.28. The fourth-order valence-electron chi connectivity index (χ4n) is 3.15. The van der Waals surface area contributed by atoms with Crippen LogP contribution in [0.3, 0.4) is 0 Å². The molecular weight excluding hydrogens is 411 g/mol. The lowest BCUT2D eigenvalue weighted by molar-refractivity contribution is -0.116. The number of nitrogens with zero attached hydrogens (tertiary/aromatic N) is 3. The van der Waals surface area contributed by atoms with Crippen LogP contribution in [-0.2, 0) is 11.3 Å². The van der Waals surface area contributed by atoms with Crippen LogP contribution in [0, 0.1) is 6.92 Å². The highest BCUT2D eigenvalue weighted by atomic mass is 35.5. The van der Waals surface area contributed by atoms with Crippen molar-refractivity contribution in [1.82, 2.24) is 9.88 Å². The van der Waals surface area contributed by atoms with Gasteiger partial charge in [-0.3, -0.25) is 4.79 Å². The molecule has 0 bridgehead atoms. The molecule has 1 amide bonds. The first-order chi connectivity index (χ1) is 13.8. The number of carbonyl (C=O) groups excluding carboxylic acids is 1. The van der Waals surface area contributed by atoms with E-state index in [9.17, 15) is 4.79 Å². The van der Waals surface area contributed by atoms with Gasteiger partial charge in [0.25, 0.3) is 6.01 Å². The molecule has 0 saturated carbocycles. The first kappa shape index (κ1) is 21.4. The molecule has 3 rings (SSSR count). The number of hydrogen-bond acceptors (Lipinski definition) is 5. The third kappa shape index (κ3) is 5.85. The van der Waals surface area contributed by atoms with Crippen molar-refractivity contribution in [2.24, 2.45) is 5.73 Å². The molecule has 1 heterocycles. The number of amides is 1. The SMILES string of the molecule is Cc1ccc2nc(N(CCCN(C)Cc3ccc(Cl)c(Cl)c3)CC(N)=O)oc2c1. The number of primary amides is 1. The molecule has 0 aliphatic heterocycles. The average Bonchev–Trinajstić information content (AvgIpc) is 3.06. The van der Waals surface area contributed by atoms with Gasteiger partial charge in [-0.2, -0.15) is 4.98 Å². The van der Waals surface area contributed by atoms with Gasteiger partial charge >= 0.3 is 0 Å². The molecule has 1 aromatic heterocycles. The summed E-state index contributed by atoms with van der Waals surface area (Å²) in [7, 11) is 2.03. The highest BCUT2D eigenvalue weighted by Crippen LogP contribution is 2.24. The third-order valence-corrected chi connectivity index (χ3v) is 5.29. The number of anilines is 1. The van der Waals surface area contributed by atoms with Gasteiger partial charge in [0.2, 0.25) is 5.91 Å². The zero-order chi connectivity index (χ0) is 21.0. The summed E-state index contributed by atoms with van der Waals surface area (Å²) >= 11 is 12.1. The molecular formula is C21H24Cl2N4O2. The molecule has 0 atom stereocenters. The van der Waals surface area contributed by atoms with Crippen molar-refractivity contribution >= 4 is 46.2 Å². The van der Waals surface area contributed by atoms with Crippen LogP contribution in [0.4, 0.5) is 6.01 Å². The lowest BCUT2D eigenvalue weighted by Crippen LogP contribution is -2.36. The van der Waals surface area contributed by atoms with Crippen molar-refractivity contribution in [2.45, 2.75) is 19.9 Å². The number of halogens is 2. The van der Waals surface area contributed by atoms with Gasteiger partial charge in [0.05, 0.1) is 10.0 Å². The van der Waals surface area contributed by atoms with E-state index in [4.69, 9.17) is 33.4 Å². The Kier molecular flexibility index (Phi) is 7.00. The number of aromatic nitrogens is 1. The predicted molar refractivity (Wildman–Crippen MR) is 118 cm³/mol. The van der Waals surface area contributed by atoms with E-state index in [2.05, 4.69) is 9.88 Å². The predicted octanol–water partition coefficient (Wildman–Crippen LogP) is 4.26. The summed E-state index contributed by atoms with van der Waals surface area (Å²) in [5.41, 5.74) is 9.06. The number of aryl methyl sites for hydroxylation is 1. The van der Waals surface area contributed by atoms with Crippen LogP contribution >= 0.6 is 23.2 Å². The molecule has 0 aliphatic rings. The number of nitrogens with two attached hydrogens (primary N) is 1. The molecule has 0 saturated heterocycles. The standard InChI is InChI=1S/C21H24Cl2N4O2/c1-14-4-7-18-19(10-14)29-21(25-18)27(13-20(24)28)9-3-8-26(2)12-15-5-6-16(22)17(23)11-15/h4-7,10-11H,3,8-9,12-13H2,1-2H3,(H2,24,28). The highest BCUT2D eigenvalue weighted by molar-refractivity contribution is 6.42. The molecule has 2 aromatic carbocycles. The Morgan fingerprint density at radius 1 is 1.14 bits per heavy atom. The van der Waals surface area contributed by atoms with Crippen LogP contribution in [0.2, 0.25) is 10.0 Å². The monoisotopic (exact) mass is 434 g/mol. The smallest absolute Gasteiger partial charge is 0.298 e. The maximum absolute atomic E-state index is 11.5. The Labute approximate surface area is 180 Å². The zero-order valence-corrected chi connectivity index (χ0v) is 18.0. The van der Waals surface area contributed by atoms with Gasteiger partial charge in [-0.25, -0.2) is 0 Å². The van der Waals surface area contributed by atoms with Gasteiger partial charge in [0.15, 0.2) is 5.58 Å². The molecule has 0 radical (unpaired) electrons. The molecule has 154 valence electrons. The number of oxazole rings is 1. The Morgan fingerprint density at radius 2 is 1.93 bits per heavy atom. The average molecular weight is 435 g/mol. The molecule has 8 heteroatoms. The number of benzene rings is 2. The van der Waals surface area contributed by atoms with E-state index in [0.29, 0.717) is 28.2 Å². The molecule has 0 unspecified atom stereocenters. The molecule has 29 heavy (non-hydrogen) atoms.